The lowest BCUT2D eigenvalue weighted by Crippen LogP contribution is -2.23. The average Bonchev–Trinajstić information content (AvgIpc) is 2.68. The Labute approximate surface area is 159 Å². The maximum Gasteiger partial charge on any atom is 0.227 e. The number of pyridine rings is 1. The first kappa shape index (κ1) is 18.8. The molecule has 0 saturated carbocycles. The smallest absolute Gasteiger partial charge is 0.227 e. The monoisotopic (exact) mass is 365 g/mol. The lowest BCUT2D eigenvalue weighted by atomic mass is 10.1. The summed E-state index contributed by atoms with van der Waals surface area (Å²) in [6.45, 7) is 3.36. The maximum absolute atomic E-state index is 13.7. The minimum Gasteiger partial charge on any atom is -0.370 e. The molecule has 5 nitrogen and oxygen atoms in total. The SMILES string of the molecule is Cc1cc(NCCc2ccccc2F)nc(N(C)CCc2ccncc2)n1. The number of aryl methyl sites for hydroxylation is 1. The zero-order chi connectivity index (χ0) is 19.1. The molecule has 27 heavy (non-hydrogen) atoms. The first-order valence-corrected chi connectivity index (χ1v) is 9.05. The van der Waals surface area contributed by atoms with Crippen molar-refractivity contribution in [3.8, 4) is 0 Å². The molecule has 0 fully saturated rings. The highest BCUT2D eigenvalue weighted by Crippen LogP contribution is 2.14. The topological polar surface area (TPSA) is 53.9 Å². The summed E-state index contributed by atoms with van der Waals surface area (Å²) >= 11 is 0. The zero-order valence-electron chi connectivity index (χ0n) is 15.7. The van der Waals surface area contributed by atoms with Crippen molar-refractivity contribution in [3.05, 3.63) is 77.5 Å². The van der Waals surface area contributed by atoms with Gasteiger partial charge in [-0.15, -0.1) is 0 Å². The van der Waals surface area contributed by atoms with Crippen LogP contribution in [-0.2, 0) is 12.8 Å². The molecular weight excluding hydrogens is 341 g/mol. The van der Waals surface area contributed by atoms with Crippen molar-refractivity contribution in [1.29, 1.82) is 0 Å². The molecule has 1 aromatic carbocycles. The van der Waals surface area contributed by atoms with E-state index in [0.29, 0.717) is 24.5 Å². The second-order valence-electron chi connectivity index (χ2n) is 6.49. The van der Waals surface area contributed by atoms with Crippen molar-refractivity contribution in [2.75, 3.05) is 30.4 Å². The normalized spacial score (nSPS) is 10.6. The van der Waals surface area contributed by atoms with E-state index in [9.17, 15) is 4.39 Å². The fourth-order valence-corrected chi connectivity index (χ4v) is 2.79. The van der Waals surface area contributed by atoms with E-state index >= 15 is 0 Å². The molecule has 0 radical (unpaired) electrons. The summed E-state index contributed by atoms with van der Waals surface area (Å²) in [6.07, 6.45) is 5.10. The summed E-state index contributed by atoms with van der Waals surface area (Å²) in [5.74, 6) is 1.26. The summed E-state index contributed by atoms with van der Waals surface area (Å²) in [5, 5.41) is 3.28. The number of halogens is 1. The Morgan fingerprint density at radius 1 is 1.04 bits per heavy atom. The molecule has 0 saturated heterocycles. The summed E-state index contributed by atoms with van der Waals surface area (Å²) in [7, 11) is 1.99. The largest absolute Gasteiger partial charge is 0.370 e. The highest BCUT2D eigenvalue weighted by atomic mass is 19.1. The van der Waals surface area contributed by atoms with Crippen molar-refractivity contribution < 1.29 is 4.39 Å². The summed E-state index contributed by atoms with van der Waals surface area (Å²) < 4.78 is 13.7. The quantitative estimate of drug-likeness (QED) is 0.660. The number of likely N-dealkylation sites (N-methyl/N-ethyl adjacent to an activating group) is 1. The lowest BCUT2D eigenvalue weighted by molar-refractivity contribution is 0.610. The van der Waals surface area contributed by atoms with Crippen molar-refractivity contribution >= 4 is 11.8 Å². The Morgan fingerprint density at radius 2 is 1.81 bits per heavy atom. The van der Waals surface area contributed by atoms with E-state index < -0.39 is 0 Å². The summed E-state index contributed by atoms with van der Waals surface area (Å²) in [6, 6.07) is 12.8. The van der Waals surface area contributed by atoms with Gasteiger partial charge in [0.15, 0.2) is 0 Å². The molecule has 0 aliphatic heterocycles. The molecule has 0 aliphatic carbocycles. The van der Waals surface area contributed by atoms with E-state index in [0.717, 1.165) is 24.5 Å². The van der Waals surface area contributed by atoms with Crippen molar-refractivity contribution in [2.24, 2.45) is 0 Å². The van der Waals surface area contributed by atoms with Crippen LogP contribution in [0.25, 0.3) is 0 Å². The fourth-order valence-electron chi connectivity index (χ4n) is 2.79. The number of nitrogens with zero attached hydrogens (tertiary/aromatic N) is 4. The molecule has 0 atom stereocenters. The molecule has 0 spiro atoms. The molecule has 2 heterocycles. The fraction of sp³-hybridized carbons (Fsp3) is 0.286. The minimum absolute atomic E-state index is 0.172. The molecule has 6 heteroatoms. The summed E-state index contributed by atoms with van der Waals surface area (Å²) in [4.78, 5) is 15.2. The number of benzene rings is 1. The van der Waals surface area contributed by atoms with Gasteiger partial charge in [-0.05, 0) is 49.1 Å². The molecule has 0 unspecified atom stereocenters. The van der Waals surface area contributed by atoms with Crippen LogP contribution in [0.3, 0.4) is 0 Å². The van der Waals surface area contributed by atoms with Crippen LogP contribution in [0.1, 0.15) is 16.8 Å². The third kappa shape index (κ3) is 5.48. The van der Waals surface area contributed by atoms with Crippen LogP contribution in [-0.4, -0.2) is 35.1 Å². The third-order valence-electron chi connectivity index (χ3n) is 4.33. The Balaban J connectivity index is 1.59. The molecule has 140 valence electrons. The number of hydrogen-bond donors (Lipinski definition) is 1. The number of hydrogen-bond acceptors (Lipinski definition) is 5. The van der Waals surface area contributed by atoms with Gasteiger partial charge in [0.25, 0.3) is 0 Å². The van der Waals surface area contributed by atoms with Gasteiger partial charge in [-0.2, -0.15) is 4.98 Å². The van der Waals surface area contributed by atoms with Crippen LogP contribution in [0.5, 0.6) is 0 Å². The minimum atomic E-state index is -0.172. The van der Waals surface area contributed by atoms with Gasteiger partial charge in [0.1, 0.15) is 11.6 Å². The highest BCUT2D eigenvalue weighted by molar-refractivity contribution is 5.43. The molecule has 2 aromatic heterocycles. The van der Waals surface area contributed by atoms with E-state index in [1.807, 2.05) is 43.1 Å². The number of rotatable bonds is 8. The molecule has 0 bridgehead atoms. The second kappa shape index (κ2) is 9.07. The Kier molecular flexibility index (Phi) is 6.30. The zero-order valence-corrected chi connectivity index (χ0v) is 15.7. The van der Waals surface area contributed by atoms with Crippen molar-refractivity contribution in [1.82, 2.24) is 15.0 Å². The first-order valence-electron chi connectivity index (χ1n) is 9.05. The second-order valence-corrected chi connectivity index (χ2v) is 6.49. The van der Waals surface area contributed by atoms with Gasteiger partial charge in [-0.25, -0.2) is 9.37 Å². The van der Waals surface area contributed by atoms with E-state index in [4.69, 9.17) is 0 Å². The van der Waals surface area contributed by atoms with Crippen LogP contribution in [0.15, 0.2) is 54.9 Å². The predicted octanol–water partition coefficient (Wildman–Crippen LogP) is 3.65. The molecule has 0 aliphatic rings. The molecule has 3 aromatic rings. The van der Waals surface area contributed by atoms with Crippen molar-refractivity contribution in [3.63, 3.8) is 0 Å². The molecule has 3 rings (SSSR count). The van der Waals surface area contributed by atoms with Gasteiger partial charge in [0, 0.05) is 44.3 Å². The van der Waals surface area contributed by atoms with Gasteiger partial charge < -0.3 is 10.2 Å². The van der Waals surface area contributed by atoms with Crippen LogP contribution in [0, 0.1) is 12.7 Å². The van der Waals surface area contributed by atoms with E-state index in [-0.39, 0.29) is 5.82 Å². The Hall–Kier alpha value is -3.02. The van der Waals surface area contributed by atoms with Gasteiger partial charge in [-0.3, -0.25) is 4.98 Å². The summed E-state index contributed by atoms with van der Waals surface area (Å²) in [5.41, 5.74) is 2.82. The van der Waals surface area contributed by atoms with E-state index in [2.05, 4.69) is 20.3 Å². The van der Waals surface area contributed by atoms with Crippen LogP contribution in [0.4, 0.5) is 16.2 Å². The Bertz CT molecular complexity index is 869. The third-order valence-corrected chi connectivity index (χ3v) is 4.33. The Morgan fingerprint density at radius 3 is 2.59 bits per heavy atom. The molecular formula is C21H24FN5. The van der Waals surface area contributed by atoms with Crippen LogP contribution < -0.4 is 10.2 Å². The highest BCUT2D eigenvalue weighted by Gasteiger charge is 2.08. The number of anilines is 2. The maximum atomic E-state index is 13.7. The number of aromatic nitrogens is 3. The van der Waals surface area contributed by atoms with Gasteiger partial charge in [0.2, 0.25) is 5.95 Å². The van der Waals surface area contributed by atoms with E-state index in [1.165, 1.54) is 11.6 Å². The number of nitrogens with one attached hydrogen (secondary N) is 1. The lowest BCUT2D eigenvalue weighted by Gasteiger charge is -2.18. The van der Waals surface area contributed by atoms with E-state index in [1.54, 1.807) is 24.5 Å². The van der Waals surface area contributed by atoms with Gasteiger partial charge >= 0.3 is 0 Å². The van der Waals surface area contributed by atoms with Gasteiger partial charge in [-0.1, -0.05) is 18.2 Å². The molecule has 0 amide bonds. The van der Waals surface area contributed by atoms with Crippen molar-refractivity contribution in [2.45, 2.75) is 19.8 Å². The van der Waals surface area contributed by atoms with Crippen LogP contribution >= 0.6 is 0 Å². The standard InChI is InChI=1S/C21H24FN5/c1-16-15-20(24-13-9-18-5-3-4-6-19(18)22)26-21(25-16)27(2)14-10-17-7-11-23-12-8-17/h3-8,11-12,15H,9-10,13-14H2,1-2H3,(H,24,25,26). The van der Waals surface area contributed by atoms with Crippen LogP contribution in [0.2, 0.25) is 0 Å². The molecule has 1 N–H and O–H groups in total. The average molecular weight is 365 g/mol. The first-order chi connectivity index (χ1) is 13.1. The van der Waals surface area contributed by atoms with Gasteiger partial charge in [0.05, 0.1) is 0 Å². The predicted molar refractivity (Wildman–Crippen MR) is 107 cm³/mol.